The number of hydrogen-bond acceptors (Lipinski definition) is 11. The third-order valence-electron chi connectivity index (χ3n) is 11.2. The zero-order chi connectivity index (χ0) is 27.2. The van der Waals surface area contributed by atoms with Gasteiger partial charge in [0.15, 0.2) is 23.2 Å². The Morgan fingerprint density at radius 1 is 1.24 bits per heavy atom. The van der Waals surface area contributed by atoms with Crippen LogP contribution in [0.4, 0.5) is 0 Å². The van der Waals surface area contributed by atoms with E-state index in [4.69, 9.17) is 20.1 Å². The smallest absolute Gasteiger partial charge is 0.355 e. The fourth-order valence-electron chi connectivity index (χ4n) is 9.06. The second-order valence-corrected chi connectivity index (χ2v) is 12.6. The van der Waals surface area contributed by atoms with Gasteiger partial charge in [-0.3, -0.25) is 5.84 Å². The minimum atomic E-state index is -2.67. The van der Waals surface area contributed by atoms with Crippen LogP contribution in [0.3, 0.4) is 0 Å². The van der Waals surface area contributed by atoms with E-state index in [1.165, 1.54) is 19.2 Å². The number of aromatic nitrogens is 1. The van der Waals surface area contributed by atoms with Crippen LogP contribution >= 0.6 is 0 Å². The molecule has 0 aromatic carbocycles. The Bertz CT molecular complexity index is 1170. The molecule has 1 saturated carbocycles. The lowest BCUT2D eigenvalue weighted by Gasteiger charge is -2.76. The molecule has 12 nitrogen and oxygen atoms in total. The van der Waals surface area contributed by atoms with E-state index in [0.717, 1.165) is 0 Å². The summed E-state index contributed by atoms with van der Waals surface area (Å²) < 4.78 is 18.7. The molecule has 1 spiro atoms. The highest BCUT2D eigenvalue weighted by Gasteiger charge is 3.04. The summed E-state index contributed by atoms with van der Waals surface area (Å²) in [6.45, 7) is 8.03. The van der Waals surface area contributed by atoms with Crippen molar-refractivity contribution in [1.29, 1.82) is 0 Å². The first-order valence-corrected chi connectivity index (χ1v) is 12.8. The van der Waals surface area contributed by atoms with E-state index in [0.29, 0.717) is 6.42 Å². The maximum Gasteiger partial charge on any atom is 0.355 e. The van der Waals surface area contributed by atoms with E-state index in [-0.39, 0.29) is 18.5 Å². The van der Waals surface area contributed by atoms with Gasteiger partial charge in [0.1, 0.15) is 22.3 Å². The third-order valence-corrected chi connectivity index (χ3v) is 11.2. The van der Waals surface area contributed by atoms with Crippen LogP contribution in [0.1, 0.15) is 64.4 Å². The van der Waals surface area contributed by atoms with E-state index < -0.39 is 74.9 Å². The number of hydrazine groups is 1. The van der Waals surface area contributed by atoms with E-state index >= 15 is 0 Å². The van der Waals surface area contributed by atoms with Gasteiger partial charge in [0.25, 0.3) is 0 Å². The molecule has 1 aliphatic carbocycles. The Morgan fingerprint density at radius 2 is 1.92 bits per heavy atom. The summed E-state index contributed by atoms with van der Waals surface area (Å²) in [6, 6.07) is 3.10. The predicted molar refractivity (Wildman–Crippen MR) is 125 cm³/mol. The number of rotatable bonds is 4. The number of aromatic amines is 1. The lowest BCUT2D eigenvalue weighted by atomic mass is 9.42. The molecule has 6 rings (SSSR count). The van der Waals surface area contributed by atoms with Crippen LogP contribution in [-0.2, 0) is 14.2 Å². The van der Waals surface area contributed by atoms with E-state index in [2.05, 4.69) is 10.4 Å². The summed E-state index contributed by atoms with van der Waals surface area (Å²) in [5.74, 6) is -0.891. The quantitative estimate of drug-likeness (QED) is 0.140. The van der Waals surface area contributed by atoms with Crippen molar-refractivity contribution in [3.8, 4) is 0 Å². The number of hydrogen-bond donors (Lipinski definition) is 8. The van der Waals surface area contributed by atoms with Crippen molar-refractivity contribution in [3.63, 3.8) is 0 Å². The monoisotopic (exact) mass is 523 g/mol. The van der Waals surface area contributed by atoms with Crippen LogP contribution in [0.5, 0.6) is 0 Å². The molecule has 9 N–H and O–H groups in total. The van der Waals surface area contributed by atoms with E-state index in [9.17, 15) is 30.3 Å². The summed E-state index contributed by atoms with van der Waals surface area (Å²) in [5, 5.41) is 61.9. The van der Waals surface area contributed by atoms with Gasteiger partial charge < -0.3 is 44.7 Å². The van der Waals surface area contributed by atoms with Gasteiger partial charge >= 0.3 is 5.97 Å². The van der Waals surface area contributed by atoms with Crippen molar-refractivity contribution in [2.75, 3.05) is 0 Å². The number of aliphatic hydroxyl groups is 5. The molecule has 0 amide bonds. The minimum absolute atomic E-state index is 0.0559. The number of esters is 1. The number of aliphatic hydroxyl groups excluding tert-OH is 1. The van der Waals surface area contributed by atoms with Crippen LogP contribution in [0, 0.1) is 22.7 Å². The summed E-state index contributed by atoms with van der Waals surface area (Å²) >= 11 is 0. The van der Waals surface area contributed by atoms with Gasteiger partial charge in [0.05, 0.1) is 11.5 Å². The molecular weight excluding hydrogens is 486 g/mol. The second-order valence-electron chi connectivity index (χ2n) is 12.6. The van der Waals surface area contributed by atoms with Crippen molar-refractivity contribution < 1.29 is 44.5 Å². The second kappa shape index (κ2) is 6.75. The van der Waals surface area contributed by atoms with Crippen molar-refractivity contribution in [2.45, 2.75) is 100 Å². The highest BCUT2D eigenvalue weighted by molar-refractivity contribution is 5.87. The largest absolute Gasteiger partial charge is 0.450 e. The van der Waals surface area contributed by atoms with Crippen LogP contribution in [-0.4, -0.2) is 82.8 Å². The lowest BCUT2D eigenvalue weighted by molar-refractivity contribution is -0.526. The number of H-pyrrole nitrogens is 1. The number of ether oxygens (including phenoxy) is 3. The van der Waals surface area contributed by atoms with Gasteiger partial charge in [0.2, 0.25) is 5.79 Å². The zero-order valence-electron chi connectivity index (χ0n) is 21.6. The molecule has 0 unspecified atom stereocenters. The molecular formula is C25H37N3O9. The number of nitrogens with two attached hydrogens (primary N) is 1. The fraction of sp³-hybridized carbons (Fsp3) is 0.800. The maximum absolute atomic E-state index is 13.3. The Morgan fingerprint density at radius 3 is 2.49 bits per heavy atom. The van der Waals surface area contributed by atoms with Gasteiger partial charge in [-0.25, -0.2) is 10.2 Å². The number of nitrogens with one attached hydrogen (secondary N) is 2. The SMILES string of the molecule is CC(C)[C@@]1(O)[C@@H](OC(=O)c2ccc[nH]2)[C@@]2(NN)O[C@@]3(O)[C@]45O[C@@](O)(C[C@@]2(C)[C@@]4(O)CC[C@H](C)[C@H]5O)[C@]31C. The van der Waals surface area contributed by atoms with Crippen molar-refractivity contribution >= 4 is 5.97 Å². The first kappa shape index (κ1) is 25.7. The minimum Gasteiger partial charge on any atom is -0.450 e. The van der Waals surface area contributed by atoms with Gasteiger partial charge in [-0.15, -0.1) is 0 Å². The molecule has 1 aromatic heterocycles. The maximum atomic E-state index is 13.3. The highest BCUT2D eigenvalue weighted by atomic mass is 16.8. The first-order valence-electron chi connectivity index (χ1n) is 12.8. The standard InChI is InChI=1S/C25H37N3O9/c1-12(2)22(33)17(35-16(30)14-7-6-10-27-14)24(28-26)18(4)11-21(32)19(22,5)25(34,37-24)23(36-21)15(29)13(3)8-9-20(18,23)31/h6-7,10,12-13,15,17,27-29,31-34H,8-9,11,26H2,1-5H3/t13-,15+,17+,18-,19-,20-,21-,22+,23+,24+,25+/m0/s1. The van der Waals surface area contributed by atoms with Crippen LogP contribution < -0.4 is 11.3 Å². The van der Waals surface area contributed by atoms with Gasteiger partial charge in [-0.2, -0.15) is 0 Å². The molecule has 1 aromatic rings. The molecule has 5 aliphatic rings. The summed E-state index contributed by atoms with van der Waals surface area (Å²) in [5.41, 5.74) is -9.75. The van der Waals surface area contributed by atoms with E-state index in [1.807, 2.05) is 0 Å². The van der Waals surface area contributed by atoms with E-state index in [1.54, 1.807) is 33.8 Å². The molecule has 12 heteroatoms. The first-order chi connectivity index (χ1) is 17.0. The van der Waals surface area contributed by atoms with Crippen LogP contribution in [0.15, 0.2) is 18.3 Å². The molecule has 0 radical (unpaired) electrons. The highest BCUT2D eigenvalue weighted by Crippen LogP contribution is 2.84. The van der Waals surface area contributed by atoms with Gasteiger partial charge in [-0.05, 0) is 43.7 Å². The number of fused-ring (bicyclic) bond motifs is 4. The third kappa shape index (κ3) is 2.09. The lowest BCUT2D eigenvalue weighted by Crippen LogP contribution is -2.97. The van der Waals surface area contributed by atoms with Gasteiger partial charge in [0, 0.05) is 12.6 Å². The molecule has 5 fully saturated rings. The predicted octanol–water partition coefficient (Wildman–Crippen LogP) is -0.785. The van der Waals surface area contributed by atoms with Crippen LogP contribution in [0.25, 0.3) is 0 Å². The molecule has 4 saturated heterocycles. The average molecular weight is 524 g/mol. The topological polar surface area (TPSA) is 200 Å². The molecule has 11 atom stereocenters. The van der Waals surface area contributed by atoms with Crippen molar-refractivity contribution in [3.05, 3.63) is 24.0 Å². The number of carbonyl (C=O) groups is 1. The normalized spacial score (nSPS) is 57.6. The Hall–Kier alpha value is -1.61. The molecule has 37 heavy (non-hydrogen) atoms. The number of carbonyl (C=O) groups excluding carboxylic acids is 1. The fourth-order valence-corrected chi connectivity index (χ4v) is 9.06. The molecule has 5 bridgehead atoms. The van der Waals surface area contributed by atoms with Crippen molar-refractivity contribution in [1.82, 2.24) is 10.4 Å². The summed E-state index contributed by atoms with van der Waals surface area (Å²) in [6.07, 6.45) is -1.52. The molecule has 206 valence electrons. The van der Waals surface area contributed by atoms with Crippen LogP contribution in [0.2, 0.25) is 0 Å². The Labute approximate surface area is 214 Å². The van der Waals surface area contributed by atoms with Crippen molar-refractivity contribution in [2.24, 2.45) is 28.5 Å². The Kier molecular flexibility index (Phi) is 4.68. The zero-order valence-corrected chi connectivity index (χ0v) is 21.6. The molecule has 5 heterocycles. The average Bonchev–Trinajstić information content (AvgIpc) is 3.40. The Balaban J connectivity index is 1.70. The summed E-state index contributed by atoms with van der Waals surface area (Å²) in [4.78, 5) is 16.1. The molecule has 4 aliphatic heterocycles. The van der Waals surface area contributed by atoms with Gasteiger partial charge in [-0.1, -0.05) is 27.7 Å². The summed E-state index contributed by atoms with van der Waals surface area (Å²) in [7, 11) is 0.